The summed E-state index contributed by atoms with van der Waals surface area (Å²) in [4.78, 5) is 2.33. The number of fused-ring (bicyclic) bond motifs is 5. The lowest BCUT2D eigenvalue weighted by Gasteiger charge is -2.26. The Kier molecular flexibility index (Phi) is 7.85. The van der Waals surface area contributed by atoms with Crippen LogP contribution >= 0.6 is 0 Å². The molecule has 0 spiro atoms. The van der Waals surface area contributed by atoms with Gasteiger partial charge in [-0.25, -0.2) is 0 Å². The molecule has 0 aliphatic carbocycles. The van der Waals surface area contributed by atoms with E-state index in [0.717, 1.165) is 22.7 Å². The molecule has 0 saturated heterocycles. The molecule has 0 aliphatic rings. The van der Waals surface area contributed by atoms with Crippen molar-refractivity contribution in [1.82, 2.24) is 4.57 Å². The molecule has 0 bridgehead atoms. The summed E-state index contributed by atoms with van der Waals surface area (Å²) in [6.45, 7) is 0. The monoisotopic (exact) mass is 688 g/mol. The van der Waals surface area contributed by atoms with Crippen LogP contribution in [0.15, 0.2) is 218 Å². The number of nitrogens with zero attached hydrogens (tertiary/aromatic N) is 2. The van der Waals surface area contributed by atoms with Crippen LogP contribution in [0.4, 0.5) is 17.1 Å². The van der Waals surface area contributed by atoms with Gasteiger partial charge in [-0.15, -0.1) is 0 Å². The summed E-state index contributed by atoms with van der Waals surface area (Å²) >= 11 is 0. The van der Waals surface area contributed by atoms with E-state index in [0.29, 0.717) is 0 Å². The van der Waals surface area contributed by atoms with Crippen molar-refractivity contribution in [2.75, 3.05) is 4.90 Å². The Morgan fingerprint density at radius 3 is 1.52 bits per heavy atom. The first-order valence-electron chi connectivity index (χ1n) is 18.5. The molecule has 2 heteroatoms. The van der Waals surface area contributed by atoms with Gasteiger partial charge in [0.25, 0.3) is 0 Å². The van der Waals surface area contributed by atoms with Gasteiger partial charge in [-0.3, -0.25) is 0 Å². The van der Waals surface area contributed by atoms with Gasteiger partial charge < -0.3 is 9.47 Å². The molecule has 0 amide bonds. The minimum absolute atomic E-state index is 1.11. The van der Waals surface area contributed by atoms with Crippen LogP contribution in [0.25, 0.3) is 71.6 Å². The van der Waals surface area contributed by atoms with E-state index in [2.05, 4.69) is 228 Å². The third kappa shape index (κ3) is 5.62. The number of rotatable bonds is 7. The summed E-state index contributed by atoms with van der Waals surface area (Å²) in [5.74, 6) is 0. The van der Waals surface area contributed by atoms with Crippen molar-refractivity contribution in [2.45, 2.75) is 0 Å². The minimum atomic E-state index is 1.11. The molecular formula is C52H36N2. The molecule has 2 nitrogen and oxygen atoms in total. The molecule has 0 unspecified atom stereocenters. The fraction of sp³-hybridized carbons (Fsp3) is 0. The number of aromatic nitrogens is 1. The van der Waals surface area contributed by atoms with Gasteiger partial charge in [0.05, 0.1) is 11.0 Å². The predicted octanol–water partition coefficient (Wildman–Crippen LogP) is 14.4. The smallest absolute Gasteiger partial charge is 0.0547 e. The molecule has 10 rings (SSSR count). The second-order valence-corrected chi connectivity index (χ2v) is 13.8. The zero-order chi connectivity index (χ0) is 35.8. The molecule has 254 valence electrons. The highest BCUT2D eigenvalue weighted by Crippen LogP contribution is 2.39. The molecule has 0 N–H and O–H groups in total. The highest BCUT2D eigenvalue weighted by molar-refractivity contribution is 6.21. The Bertz CT molecular complexity index is 2890. The molecule has 1 heterocycles. The molecule has 0 radical (unpaired) electrons. The van der Waals surface area contributed by atoms with E-state index < -0.39 is 0 Å². The molecule has 0 saturated carbocycles. The lowest BCUT2D eigenvalue weighted by Crippen LogP contribution is -2.09. The molecular weight excluding hydrogens is 653 g/mol. The predicted molar refractivity (Wildman–Crippen MR) is 229 cm³/mol. The van der Waals surface area contributed by atoms with E-state index >= 15 is 0 Å². The maximum atomic E-state index is 2.40. The second-order valence-electron chi connectivity index (χ2n) is 13.8. The fourth-order valence-corrected chi connectivity index (χ4v) is 7.96. The number of hydrogen-bond donors (Lipinski definition) is 0. The first kappa shape index (κ1) is 31.6. The number of hydrogen-bond acceptors (Lipinski definition) is 1. The third-order valence-corrected chi connectivity index (χ3v) is 10.6. The summed E-state index contributed by atoms with van der Waals surface area (Å²) in [7, 11) is 0. The van der Waals surface area contributed by atoms with Gasteiger partial charge in [0.15, 0.2) is 0 Å². The van der Waals surface area contributed by atoms with Crippen molar-refractivity contribution in [3.63, 3.8) is 0 Å². The fourth-order valence-electron chi connectivity index (χ4n) is 7.96. The summed E-state index contributed by atoms with van der Waals surface area (Å²) in [6.07, 6.45) is 0. The van der Waals surface area contributed by atoms with E-state index in [9.17, 15) is 0 Å². The Labute approximate surface area is 315 Å². The maximum absolute atomic E-state index is 2.40. The van der Waals surface area contributed by atoms with Gasteiger partial charge in [-0.05, 0) is 105 Å². The Morgan fingerprint density at radius 2 is 0.796 bits per heavy atom. The van der Waals surface area contributed by atoms with Crippen molar-refractivity contribution in [1.29, 1.82) is 0 Å². The lowest BCUT2D eigenvalue weighted by molar-refractivity contribution is 1.18. The van der Waals surface area contributed by atoms with E-state index in [1.807, 2.05) is 0 Å². The van der Waals surface area contributed by atoms with Gasteiger partial charge in [-0.2, -0.15) is 0 Å². The van der Waals surface area contributed by atoms with E-state index in [1.165, 1.54) is 66.0 Å². The van der Waals surface area contributed by atoms with Gasteiger partial charge in [-0.1, -0.05) is 158 Å². The molecule has 0 aliphatic heterocycles. The zero-order valence-corrected chi connectivity index (χ0v) is 29.7. The van der Waals surface area contributed by atoms with E-state index in [-0.39, 0.29) is 0 Å². The number of anilines is 3. The third-order valence-electron chi connectivity index (χ3n) is 10.6. The van der Waals surface area contributed by atoms with Crippen LogP contribution in [0.3, 0.4) is 0 Å². The minimum Gasteiger partial charge on any atom is -0.310 e. The highest BCUT2D eigenvalue weighted by Gasteiger charge is 2.16. The van der Waals surface area contributed by atoms with Crippen LogP contribution in [0.2, 0.25) is 0 Å². The van der Waals surface area contributed by atoms with Crippen molar-refractivity contribution in [3.8, 4) is 39.1 Å². The van der Waals surface area contributed by atoms with Crippen molar-refractivity contribution in [2.24, 2.45) is 0 Å². The number of para-hydroxylation sites is 2. The van der Waals surface area contributed by atoms with Crippen LogP contribution in [0.1, 0.15) is 0 Å². The lowest BCUT2D eigenvalue weighted by atomic mass is 9.99. The highest BCUT2D eigenvalue weighted by atomic mass is 15.1. The van der Waals surface area contributed by atoms with Gasteiger partial charge in [0.1, 0.15) is 0 Å². The van der Waals surface area contributed by atoms with Crippen LogP contribution in [0.5, 0.6) is 0 Å². The quantitative estimate of drug-likeness (QED) is 0.162. The summed E-state index contributed by atoms with van der Waals surface area (Å²) in [6, 6.07) is 78.7. The molecule has 0 fully saturated rings. The molecule has 54 heavy (non-hydrogen) atoms. The van der Waals surface area contributed by atoms with Crippen molar-refractivity contribution >= 4 is 49.6 Å². The SMILES string of the molecule is c1ccc(-c2ccc(-c3cccc(N(c4ccccc4)c4ccc(-c5ccc(-n6c7ccccc7c7c8ccccc8ccc76)cc5)cc4)c3)cc2)cc1. The van der Waals surface area contributed by atoms with Gasteiger partial charge in [0, 0.05) is 33.5 Å². The first-order chi connectivity index (χ1) is 26.8. The van der Waals surface area contributed by atoms with Gasteiger partial charge >= 0.3 is 0 Å². The van der Waals surface area contributed by atoms with Crippen LogP contribution in [-0.2, 0) is 0 Å². The average molecular weight is 689 g/mol. The Morgan fingerprint density at radius 1 is 0.296 bits per heavy atom. The zero-order valence-electron chi connectivity index (χ0n) is 29.7. The summed E-state index contributed by atoms with van der Waals surface area (Å²) in [5, 5.41) is 5.13. The molecule has 10 aromatic rings. The van der Waals surface area contributed by atoms with Gasteiger partial charge in [0.2, 0.25) is 0 Å². The molecule has 0 atom stereocenters. The summed E-state index contributed by atoms with van der Waals surface area (Å²) in [5.41, 5.74) is 14.1. The summed E-state index contributed by atoms with van der Waals surface area (Å²) < 4.78 is 2.40. The largest absolute Gasteiger partial charge is 0.310 e. The van der Waals surface area contributed by atoms with Crippen LogP contribution in [-0.4, -0.2) is 4.57 Å². The first-order valence-corrected chi connectivity index (χ1v) is 18.5. The van der Waals surface area contributed by atoms with Crippen molar-refractivity contribution in [3.05, 3.63) is 218 Å². The number of benzene rings is 9. The van der Waals surface area contributed by atoms with E-state index in [1.54, 1.807) is 0 Å². The molecule has 1 aromatic heterocycles. The average Bonchev–Trinajstić information content (AvgIpc) is 3.60. The molecule has 9 aromatic carbocycles. The van der Waals surface area contributed by atoms with Crippen LogP contribution in [0, 0.1) is 0 Å². The second kappa shape index (κ2) is 13.4. The Balaban J connectivity index is 0.976. The normalized spacial score (nSPS) is 11.3. The van der Waals surface area contributed by atoms with Crippen molar-refractivity contribution < 1.29 is 0 Å². The maximum Gasteiger partial charge on any atom is 0.0547 e. The van der Waals surface area contributed by atoms with Crippen LogP contribution < -0.4 is 4.90 Å². The standard InChI is InChI=1S/C52H36N2/c1-3-12-37(13-4-1)38-22-24-41(25-23-38)43-15-11-18-47(36-43)53(44-16-5-2-6-17-44)45-31-26-39(27-32-45)40-28-33-46(34-29-40)54-50-21-10-9-20-49(50)52-48-19-8-7-14-42(48)30-35-51(52)54/h1-36H. The Hall–Kier alpha value is -7.16. The topological polar surface area (TPSA) is 8.17 Å². The van der Waals surface area contributed by atoms with E-state index in [4.69, 9.17) is 0 Å².